The highest BCUT2D eigenvalue weighted by Crippen LogP contribution is 2.37. The molecule has 0 fully saturated rings. The Hall–Kier alpha value is 0.0669. The molecule has 0 aromatic rings. The van der Waals surface area contributed by atoms with Crippen LogP contribution in [0.2, 0.25) is 18.1 Å². The van der Waals surface area contributed by atoms with Crippen LogP contribution in [-0.2, 0) is 4.43 Å². The molecule has 0 rings (SSSR count). The Labute approximate surface area is 88.0 Å². The summed E-state index contributed by atoms with van der Waals surface area (Å²) in [6.07, 6.45) is -0.101. The van der Waals surface area contributed by atoms with Crippen molar-refractivity contribution in [2.45, 2.75) is 51.9 Å². The van der Waals surface area contributed by atoms with Gasteiger partial charge < -0.3 is 10.2 Å². The third-order valence-electron chi connectivity index (χ3n) is 2.68. The van der Waals surface area contributed by atoms with Gasteiger partial charge in [0.15, 0.2) is 8.32 Å². The summed E-state index contributed by atoms with van der Waals surface area (Å²) in [5.41, 5.74) is 5.52. The van der Waals surface area contributed by atoms with Crippen LogP contribution in [0.5, 0.6) is 0 Å². The molecule has 0 aliphatic carbocycles. The third kappa shape index (κ3) is 3.75. The van der Waals surface area contributed by atoms with Gasteiger partial charge in [-0.3, -0.25) is 0 Å². The first-order valence-corrected chi connectivity index (χ1v) is 7.87. The molecule has 0 aliphatic rings. The van der Waals surface area contributed by atoms with Crippen molar-refractivity contribution in [3.8, 4) is 0 Å². The SMILES string of the molecule is C[C@H](O[Si](C)(C)C(C)(C)C)C(N)=S. The predicted octanol–water partition coefficient (Wildman–Crippen LogP) is 2.68. The Kier molecular flexibility index (Phi) is 4.09. The van der Waals surface area contributed by atoms with E-state index in [-0.39, 0.29) is 11.1 Å². The van der Waals surface area contributed by atoms with E-state index in [1.54, 1.807) is 0 Å². The summed E-state index contributed by atoms with van der Waals surface area (Å²) in [4.78, 5) is 0.449. The van der Waals surface area contributed by atoms with E-state index in [4.69, 9.17) is 22.4 Å². The van der Waals surface area contributed by atoms with Crippen molar-refractivity contribution in [2.24, 2.45) is 5.73 Å². The number of hydrogen-bond donors (Lipinski definition) is 1. The highest BCUT2D eigenvalue weighted by atomic mass is 32.1. The van der Waals surface area contributed by atoms with Crippen molar-refractivity contribution >= 4 is 25.5 Å². The fourth-order valence-corrected chi connectivity index (χ4v) is 2.17. The van der Waals surface area contributed by atoms with Gasteiger partial charge in [-0.15, -0.1) is 0 Å². The summed E-state index contributed by atoms with van der Waals surface area (Å²) < 4.78 is 5.94. The quantitative estimate of drug-likeness (QED) is 0.585. The van der Waals surface area contributed by atoms with Crippen molar-refractivity contribution in [3.05, 3.63) is 0 Å². The predicted molar refractivity (Wildman–Crippen MR) is 64.5 cm³/mol. The summed E-state index contributed by atoms with van der Waals surface area (Å²) >= 11 is 4.88. The van der Waals surface area contributed by atoms with Gasteiger partial charge in [-0.25, -0.2) is 0 Å². The van der Waals surface area contributed by atoms with Crippen LogP contribution in [0, 0.1) is 0 Å². The maximum atomic E-state index is 5.94. The molecule has 0 saturated carbocycles. The van der Waals surface area contributed by atoms with Crippen molar-refractivity contribution < 1.29 is 4.43 Å². The second-order valence-electron chi connectivity index (χ2n) is 4.92. The van der Waals surface area contributed by atoms with E-state index in [1.165, 1.54) is 0 Å². The number of hydrogen-bond acceptors (Lipinski definition) is 2. The molecular formula is C9H21NOSSi. The molecule has 0 amide bonds. The molecule has 0 saturated heterocycles. The Morgan fingerprint density at radius 2 is 1.77 bits per heavy atom. The van der Waals surface area contributed by atoms with Crippen LogP contribution in [0.4, 0.5) is 0 Å². The lowest BCUT2D eigenvalue weighted by atomic mass is 10.2. The molecule has 2 N–H and O–H groups in total. The van der Waals surface area contributed by atoms with Crippen molar-refractivity contribution in [1.29, 1.82) is 0 Å². The van der Waals surface area contributed by atoms with Gasteiger partial charge in [0.05, 0.1) is 6.10 Å². The van der Waals surface area contributed by atoms with Crippen LogP contribution >= 0.6 is 12.2 Å². The first-order chi connectivity index (χ1) is 5.58. The molecule has 0 radical (unpaired) electrons. The van der Waals surface area contributed by atoms with Crippen LogP contribution in [0.1, 0.15) is 27.7 Å². The van der Waals surface area contributed by atoms with Gasteiger partial charge in [-0.2, -0.15) is 0 Å². The van der Waals surface area contributed by atoms with E-state index in [9.17, 15) is 0 Å². The smallest absolute Gasteiger partial charge is 0.193 e. The minimum atomic E-state index is -1.70. The first-order valence-electron chi connectivity index (χ1n) is 4.55. The molecule has 0 aromatic carbocycles. The van der Waals surface area contributed by atoms with Gasteiger partial charge in [-0.05, 0) is 25.1 Å². The molecule has 1 atom stereocenters. The van der Waals surface area contributed by atoms with Gasteiger partial charge in [0.1, 0.15) is 4.99 Å². The average molecular weight is 219 g/mol. The molecule has 0 bridgehead atoms. The second kappa shape index (κ2) is 4.07. The molecule has 0 spiro atoms. The van der Waals surface area contributed by atoms with Gasteiger partial charge in [0, 0.05) is 0 Å². The Morgan fingerprint density at radius 3 is 2.00 bits per heavy atom. The molecule has 2 nitrogen and oxygen atoms in total. The Bertz CT molecular complexity index is 198. The van der Waals surface area contributed by atoms with E-state index in [0.29, 0.717) is 4.99 Å². The first kappa shape index (κ1) is 13.1. The zero-order valence-corrected chi connectivity index (χ0v) is 11.3. The average Bonchev–Trinajstić information content (AvgIpc) is 1.83. The highest BCUT2D eigenvalue weighted by molar-refractivity contribution is 7.80. The highest BCUT2D eigenvalue weighted by Gasteiger charge is 2.38. The molecular weight excluding hydrogens is 198 g/mol. The minimum Gasteiger partial charge on any atom is -0.408 e. The summed E-state index contributed by atoms with van der Waals surface area (Å²) in [6, 6.07) is 0. The van der Waals surface area contributed by atoms with Gasteiger partial charge in [-0.1, -0.05) is 33.0 Å². The van der Waals surface area contributed by atoms with Crippen LogP contribution in [0.15, 0.2) is 0 Å². The van der Waals surface area contributed by atoms with Crippen LogP contribution < -0.4 is 5.73 Å². The van der Waals surface area contributed by atoms with E-state index in [2.05, 4.69) is 33.9 Å². The molecule has 0 aromatic heterocycles. The van der Waals surface area contributed by atoms with E-state index >= 15 is 0 Å². The molecule has 4 heteroatoms. The molecule has 78 valence electrons. The van der Waals surface area contributed by atoms with E-state index in [1.807, 2.05) is 6.92 Å². The van der Waals surface area contributed by atoms with E-state index in [0.717, 1.165) is 0 Å². The van der Waals surface area contributed by atoms with Crippen LogP contribution in [0.25, 0.3) is 0 Å². The maximum Gasteiger partial charge on any atom is 0.193 e. The molecule has 0 aliphatic heterocycles. The zero-order chi connectivity index (χ0) is 10.9. The standard InChI is InChI=1S/C9H21NOSSi/c1-7(8(10)12)11-13(5,6)9(2,3)4/h7H,1-6H3,(H2,10,12)/t7-/m0/s1. The number of nitrogens with two attached hydrogens (primary N) is 1. The molecule has 0 unspecified atom stereocenters. The van der Waals surface area contributed by atoms with Crippen molar-refractivity contribution in [1.82, 2.24) is 0 Å². The molecule has 0 heterocycles. The lowest BCUT2D eigenvalue weighted by molar-refractivity contribution is 0.260. The van der Waals surface area contributed by atoms with E-state index < -0.39 is 8.32 Å². The lowest BCUT2D eigenvalue weighted by Crippen LogP contribution is -2.46. The number of rotatable bonds is 3. The van der Waals surface area contributed by atoms with Crippen LogP contribution in [0.3, 0.4) is 0 Å². The Balaban J connectivity index is 4.43. The van der Waals surface area contributed by atoms with Crippen molar-refractivity contribution in [3.63, 3.8) is 0 Å². The summed E-state index contributed by atoms with van der Waals surface area (Å²) in [6.45, 7) is 12.9. The van der Waals surface area contributed by atoms with Gasteiger partial charge in [0.25, 0.3) is 0 Å². The van der Waals surface area contributed by atoms with Gasteiger partial charge in [0.2, 0.25) is 0 Å². The largest absolute Gasteiger partial charge is 0.408 e. The van der Waals surface area contributed by atoms with Crippen LogP contribution in [-0.4, -0.2) is 19.4 Å². The second-order valence-corrected chi connectivity index (χ2v) is 10.2. The summed E-state index contributed by atoms with van der Waals surface area (Å²) in [5.74, 6) is 0. The monoisotopic (exact) mass is 219 g/mol. The normalized spacial score (nSPS) is 15.5. The number of thiocarbonyl (C=S) groups is 1. The fraction of sp³-hybridized carbons (Fsp3) is 0.889. The molecule has 13 heavy (non-hydrogen) atoms. The Morgan fingerprint density at radius 1 is 1.38 bits per heavy atom. The topological polar surface area (TPSA) is 35.2 Å². The van der Waals surface area contributed by atoms with Gasteiger partial charge >= 0.3 is 0 Å². The third-order valence-corrected chi connectivity index (χ3v) is 7.57. The maximum absolute atomic E-state index is 5.94. The minimum absolute atomic E-state index is 0.101. The fourth-order valence-electron chi connectivity index (χ4n) is 0.677. The van der Waals surface area contributed by atoms with Crippen molar-refractivity contribution in [2.75, 3.05) is 0 Å². The zero-order valence-electron chi connectivity index (χ0n) is 9.47. The lowest BCUT2D eigenvalue weighted by Gasteiger charge is -2.38. The summed E-state index contributed by atoms with van der Waals surface area (Å²) in [5, 5.41) is 0.214. The summed E-state index contributed by atoms with van der Waals surface area (Å²) in [7, 11) is -1.70.